The Morgan fingerprint density at radius 3 is 2.88 bits per heavy atom. The molecule has 0 aromatic heterocycles. The van der Waals surface area contributed by atoms with E-state index in [-0.39, 0.29) is 0 Å². The molecule has 2 N–H and O–H groups in total. The predicted octanol–water partition coefficient (Wildman–Crippen LogP) is 1.76. The van der Waals surface area contributed by atoms with Crippen LogP contribution in [0.2, 0.25) is 0 Å². The molecule has 90 valence electrons. The number of nitriles is 1. The lowest BCUT2D eigenvalue weighted by Crippen LogP contribution is -2.29. The van der Waals surface area contributed by atoms with Crippen molar-refractivity contribution in [2.45, 2.75) is 18.9 Å². The third-order valence-corrected chi connectivity index (χ3v) is 3.01. The second kappa shape index (κ2) is 5.07. The number of nitrogens with two attached hydrogens (primary N) is 1. The van der Waals surface area contributed by atoms with Crippen molar-refractivity contribution in [3.05, 3.63) is 23.8 Å². The molecular weight excluding hydrogens is 214 g/mol. The van der Waals surface area contributed by atoms with E-state index in [1.807, 2.05) is 12.1 Å². The van der Waals surface area contributed by atoms with Gasteiger partial charge in [-0.3, -0.25) is 0 Å². The van der Waals surface area contributed by atoms with Crippen LogP contribution in [0.5, 0.6) is 0 Å². The van der Waals surface area contributed by atoms with Gasteiger partial charge >= 0.3 is 0 Å². The van der Waals surface area contributed by atoms with E-state index in [0.717, 1.165) is 12.2 Å². The topological polar surface area (TPSA) is 62.3 Å². The maximum absolute atomic E-state index is 8.98. The minimum Gasteiger partial charge on any atom is -0.398 e. The molecule has 0 aliphatic heterocycles. The van der Waals surface area contributed by atoms with Gasteiger partial charge in [0.2, 0.25) is 0 Å². The van der Waals surface area contributed by atoms with Crippen LogP contribution in [0.3, 0.4) is 0 Å². The van der Waals surface area contributed by atoms with Gasteiger partial charge in [0.05, 0.1) is 12.2 Å². The molecule has 1 aliphatic rings. The Kier molecular flexibility index (Phi) is 3.50. The number of nitrogens with zero attached hydrogens (tertiary/aromatic N) is 2. The second-order valence-electron chi connectivity index (χ2n) is 4.30. The highest BCUT2D eigenvalue weighted by molar-refractivity contribution is 5.63. The van der Waals surface area contributed by atoms with E-state index in [4.69, 9.17) is 15.7 Å². The highest BCUT2D eigenvalue weighted by Gasteiger charge is 2.29. The standard InChI is InChI=1S/C13H17N3O/c1-17-7-6-16(11-2-3-11)12-4-5-13(15)10(8-12)9-14/h4-5,8,11H,2-3,6-7,15H2,1H3. The van der Waals surface area contributed by atoms with Crippen molar-refractivity contribution < 1.29 is 4.74 Å². The lowest BCUT2D eigenvalue weighted by molar-refractivity contribution is 0.205. The Hall–Kier alpha value is -1.73. The number of ether oxygens (including phenoxy) is 1. The quantitative estimate of drug-likeness (QED) is 0.784. The molecule has 2 rings (SSSR count). The zero-order valence-corrected chi connectivity index (χ0v) is 10.0. The summed E-state index contributed by atoms with van der Waals surface area (Å²) >= 11 is 0. The van der Waals surface area contributed by atoms with Crippen LogP contribution in [0.1, 0.15) is 18.4 Å². The minimum absolute atomic E-state index is 0.540. The number of methoxy groups -OCH3 is 1. The van der Waals surface area contributed by atoms with E-state index in [2.05, 4.69) is 11.0 Å². The first-order chi connectivity index (χ1) is 8.26. The molecule has 4 nitrogen and oxygen atoms in total. The van der Waals surface area contributed by atoms with Gasteiger partial charge in [-0.1, -0.05) is 0 Å². The molecule has 1 fully saturated rings. The summed E-state index contributed by atoms with van der Waals surface area (Å²) in [5, 5.41) is 8.98. The molecule has 0 bridgehead atoms. The van der Waals surface area contributed by atoms with E-state index in [0.29, 0.717) is 23.9 Å². The summed E-state index contributed by atoms with van der Waals surface area (Å²) < 4.78 is 5.12. The number of anilines is 2. The van der Waals surface area contributed by atoms with Crippen LogP contribution in [0, 0.1) is 11.3 Å². The first-order valence-electron chi connectivity index (χ1n) is 5.81. The van der Waals surface area contributed by atoms with Crippen LogP contribution in [0.25, 0.3) is 0 Å². The maximum Gasteiger partial charge on any atom is 0.101 e. The summed E-state index contributed by atoms with van der Waals surface area (Å²) in [6, 6.07) is 8.36. The first-order valence-corrected chi connectivity index (χ1v) is 5.81. The van der Waals surface area contributed by atoms with Gasteiger partial charge in [0.15, 0.2) is 0 Å². The molecule has 0 radical (unpaired) electrons. The lowest BCUT2D eigenvalue weighted by Gasteiger charge is -2.24. The zero-order chi connectivity index (χ0) is 12.3. The Balaban J connectivity index is 2.20. The highest BCUT2D eigenvalue weighted by atomic mass is 16.5. The van der Waals surface area contributed by atoms with Gasteiger partial charge in [-0.15, -0.1) is 0 Å². The number of nitrogen functional groups attached to an aromatic ring is 1. The normalized spacial score (nSPS) is 14.4. The van der Waals surface area contributed by atoms with Gasteiger partial charge in [0, 0.05) is 31.1 Å². The van der Waals surface area contributed by atoms with Crippen molar-refractivity contribution in [1.82, 2.24) is 0 Å². The summed E-state index contributed by atoms with van der Waals surface area (Å²) in [4.78, 5) is 2.30. The van der Waals surface area contributed by atoms with Gasteiger partial charge in [-0.05, 0) is 31.0 Å². The van der Waals surface area contributed by atoms with Gasteiger partial charge in [0.1, 0.15) is 6.07 Å². The molecule has 1 aromatic rings. The summed E-state index contributed by atoms with van der Waals surface area (Å²) in [5.74, 6) is 0. The fourth-order valence-corrected chi connectivity index (χ4v) is 1.92. The molecular formula is C13H17N3O. The number of hydrogen-bond acceptors (Lipinski definition) is 4. The van der Waals surface area contributed by atoms with Crippen LogP contribution in [-0.4, -0.2) is 26.3 Å². The molecule has 0 amide bonds. The molecule has 0 saturated heterocycles. The van der Waals surface area contributed by atoms with Crippen molar-refractivity contribution >= 4 is 11.4 Å². The van der Waals surface area contributed by atoms with Crippen LogP contribution in [0.15, 0.2) is 18.2 Å². The Morgan fingerprint density at radius 1 is 1.53 bits per heavy atom. The van der Waals surface area contributed by atoms with Crippen LogP contribution in [0.4, 0.5) is 11.4 Å². The van der Waals surface area contributed by atoms with Crippen molar-refractivity contribution in [3.8, 4) is 6.07 Å². The molecule has 1 saturated carbocycles. The lowest BCUT2D eigenvalue weighted by atomic mass is 10.1. The van der Waals surface area contributed by atoms with E-state index in [1.54, 1.807) is 13.2 Å². The molecule has 4 heteroatoms. The molecule has 0 heterocycles. The van der Waals surface area contributed by atoms with Crippen molar-refractivity contribution in [3.63, 3.8) is 0 Å². The first kappa shape index (κ1) is 11.7. The van der Waals surface area contributed by atoms with Gasteiger partial charge in [-0.2, -0.15) is 5.26 Å². The summed E-state index contributed by atoms with van der Waals surface area (Å²) in [5.41, 5.74) is 7.88. The average molecular weight is 231 g/mol. The summed E-state index contributed by atoms with van der Waals surface area (Å²) in [7, 11) is 1.70. The maximum atomic E-state index is 8.98. The SMILES string of the molecule is COCCN(c1ccc(N)c(C#N)c1)C1CC1. The largest absolute Gasteiger partial charge is 0.398 e. The van der Waals surface area contributed by atoms with Crippen LogP contribution in [-0.2, 0) is 4.74 Å². The summed E-state index contributed by atoms with van der Waals surface area (Å²) in [6.45, 7) is 1.55. The van der Waals surface area contributed by atoms with E-state index in [9.17, 15) is 0 Å². The molecule has 1 aromatic carbocycles. The van der Waals surface area contributed by atoms with E-state index in [1.165, 1.54) is 12.8 Å². The third-order valence-electron chi connectivity index (χ3n) is 3.01. The van der Waals surface area contributed by atoms with Gasteiger partial charge < -0.3 is 15.4 Å². The molecule has 17 heavy (non-hydrogen) atoms. The molecule has 0 unspecified atom stereocenters. The zero-order valence-electron chi connectivity index (χ0n) is 10.0. The van der Waals surface area contributed by atoms with Gasteiger partial charge in [0.25, 0.3) is 0 Å². The Labute approximate surface area is 102 Å². The predicted molar refractivity (Wildman–Crippen MR) is 67.8 cm³/mol. The van der Waals surface area contributed by atoms with E-state index >= 15 is 0 Å². The van der Waals surface area contributed by atoms with Crippen molar-refractivity contribution in [2.24, 2.45) is 0 Å². The second-order valence-corrected chi connectivity index (χ2v) is 4.30. The summed E-state index contributed by atoms with van der Waals surface area (Å²) in [6.07, 6.45) is 2.44. The fourth-order valence-electron chi connectivity index (χ4n) is 1.92. The Morgan fingerprint density at radius 2 is 2.29 bits per heavy atom. The highest BCUT2D eigenvalue weighted by Crippen LogP contribution is 2.32. The molecule has 0 atom stereocenters. The monoisotopic (exact) mass is 231 g/mol. The number of benzene rings is 1. The van der Waals surface area contributed by atoms with Crippen molar-refractivity contribution in [2.75, 3.05) is 30.9 Å². The van der Waals surface area contributed by atoms with Crippen molar-refractivity contribution in [1.29, 1.82) is 5.26 Å². The minimum atomic E-state index is 0.540. The third kappa shape index (κ3) is 2.69. The Bertz CT molecular complexity index is 435. The molecule has 1 aliphatic carbocycles. The van der Waals surface area contributed by atoms with Crippen LogP contribution >= 0.6 is 0 Å². The van der Waals surface area contributed by atoms with E-state index < -0.39 is 0 Å². The molecule has 0 spiro atoms. The smallest absolute Gasteiger partial charge is 0.101 e. The average Bonchev–Trinajstić information content (AvgIpc) is 3.16. The fraction of sp³-hybridized carbons (Fsp3) is 0.462. The number of hydrogen-bond donors (Lipinski definition) is 1. The van der Waals surface area contributed by atoms with Gasteiger partial charge in [-0.25, -0.2) is 0 Å². The van der Waals surface area contributed by atoms with Crippen LogP contribution < -0.4 is 10.6 Å². The number of rotatable bonds is 5.